The summed E-state index contributed by atoms with van der Waals surface area (Å²) in [5.74, 6) is 0. The van der Waals surface area contributed by atoms with Crippen LogP contribution in [0.15, 0.2) is 122 Å². The van der Waals surface area contributed by atoms with E-state index in [0.717, 1.165) is 37.9 Å². The predicted molar refractivity (Wildman–Crippen MR) is 170 cm³/mol. The van der Waals surface area contributed by atoms with Crippen molar-refractivity contribution >= 4 is 38.6 Å². The molecule has 1 aliphatic heterocycles. The highest BCUT2D eigenvalue weighted by Gasteiger charge is 2.50. The molecule has 4 nitrogen and oxygen atoms in total. The van der Waals surface area contributed by atoms with Crippen LogP contribution in [0.5, 0.6) is 0 Å². The minimum atomic E-state index is -0.905. The Morgan fingerprint density at radius 1 is 0.738 bits per heavy atom. The zero-order chi connectivity index (χ0) is 28.8. The van der Waals surface area contributed by atoms with E-state index in [-0.39, 0.29) is 0 Å². The van der Waals surface area contributed by atoms with Crippen molar-refractivity contribution in [2.24, 2.45) is 0 Å². The third-order valence-corrected chi connectivity index (χ3v) is 9.06. The molecule has 0 bridgehead atoms. The summed E-state index contributed by atoms with van der Waals surface area (Å²) in [6.07, 6.45) is 0.884. The molecule has 5 aromatic rings. The highest BCUT2D eigenvalue weighted by atomic mass is 35.5. The Hall–Kier alpha value is -3.45. The van der Waals surface area contributed by atoms with E-state index in [1.807, 2.05) is 66.7 Å². The highest BCUT2D eigenvalue weighted by molar-refractivity contribution is 7.23. The molecule has 0 N–H and O–H groups in total. The molecular formula is C36H33ClO4S. The van der Waals surface area contributed by atoms with Gasteiger partial charge in [0.2, 0.25) is 0 Å². The number of hydrogen-bond donors (Lipinski definition) is 0. The second-order valence-electron chi connectivity index (χ2n) is 10.6. The monoisotopic (exact) mass is 596 g/mol. The van der Waals surface area contributed by atoms with E-state index < -0.39 is 17.8 Å². The lowest BCUT2D eigenvalue weighted by Gasteiger charge is -2.46. The van der Waals surface area contributed by atoms with Crippen molar-refractivity contribution in [1.82, 2.24) is 0 Å². The molecule has 0 fully saturated rings. The number of benzene rings is 4. The Kier molecular flexibility index (Phi) is 9.04. The summed E-state index contributed by atoms with van der Waals surface area (Å²) >= 11 is 8.50. The molecule has 0 aliphatic carbocycles. The standard InChI is InChI=1S/C36H33ClO4S/c1-36(41-23-28-17-9-4-10-18-28)32(25-38-21-26-13-5-2-6-14-26)39-24-30(34(36)40-22-27-15-7-3-8-16-27)33-29-19-11-12-20-31(29)42-35(33)37/h2-20,24,32,34H,21-23,25H2,1H3/t32-,34-,36-/m1/s1. The van der Waals surface area contributed by atoms with Gasteiger partial charge < -0.3 is 18.9 Å². The predicted octanol–water partition coefficient (Wildman–Crippen LogP) is 9.07. The van der Waals surface area contributed by atoms with E-state index in [9.17, 15) is 0 Å². The summed E-state index contributed by atoms with van der Waals surface area (Å²) in [5.41, 5.74) is 4.13. The fourth-order valence-electron chi connectivity index (χ4n) is 5.36. The van der Waals surface area contributed by atoms with Crippen LogP contribution >= 0.6 is 22.9 Å². The first-order valence-corrected chi connectivity index (χ1v) is 15.3. The maximum absolute atomic E-state index is 6.94. The number of rotatable bonds is 11. The molecule has 42 heavy (non-hydrogen) atoms. The smallest absolute Gasteiger partial charge is 0.152 e. The van der Waals surface area contributed by atoms with Crippen LogP contribution in [0.1, 0.15) is 29.2 Å². The lowest BCUT2D eigenvalue weighted by Crippen LogP contribution is -2.57. The van der Waals surface area contributed by atoms with Gasteiger partial charge in [0, 0.05) is 21.2 Å². The van der Waals surface area contributed by atoms with Gasteiger partial charge in [0.05, 0.1) is 32.7 Å². The molecule has 0 saturated heterocycles. The summed E-state index contributed by atoms with van der Waals surface area (Å²) in [7, 11) is 0. The SMILES string of the molecule is C[C@]1(OCc2ccccc2)[C@H](OCc2ccccc2)C(c2c(Cl)sc3ccccc23)=CO[C@@H]1COCc1ccccc1. The first-order chi connectivity index (χ1) is 20.6. The molecule has 1 aromatic heterocycles. The van der Waals surface area contributed by atoms with Crippen LogP contribution < -0.4 is 0 Å². The number of thiophene rings is 1. The molecule has 214 valence electrons. The van der Waals surface area contributed by atoms with Crippen molar-refractivity contribution in [2.75, 3.05) is 6.61 Å². The maximum Gasteiger partial charge on any atom is 0.152 e. The molecule has 0 amide bonds. The highest BCUT2D eigenvalue weighted by Crippen LogP contribution is 2.47. The zero-order valence-electron chi connectivity index (χ0n) is 23.4. The molecule has 0 unspecified atom stereocenters. The average Bonchev–Trinajstić information content (AvgIpc) is 3.37. The number of hydrogen-bond acceptors (Lipinski definition) is 5. The topological polar surface area (TPSA) is 36.9 Å². The lowest BCUT2D eigenvalue weighted by molar-refractivity contribution is -0.202. The molecule has 3 atom stereocenters. The van der Waals surface area contributed by atoms with Crippen LogP contribution in [-0.2, 0) is 38.8 Å². The fraction of sp³-hybridized carbons (Fsp3) is 0.222. The molecule has 4 aromatic carbocycles. The third kappa shape index (κ3) is 6.31. The van der Waals surface area contributed by atoms with Gasteiger partial charge in [-0.3, -0.25) is 0 Å². The normalized spacial score (nSPS) is 20.3. The van der Waals surface area contributed by atoms with E-state index in [4.69, 9.17) is 30.5 Å². The van der Waals surface area contributed by atoms with Gasteiger partial charge in [0.25, 0.3) is 0 Å². The Morgan fingerprint density at radius 2 is 1.31 bits per heavy atom. The second kappa shape index (κ2) is 13.2. The second-order valence-corrected chi connectivity index (χ2v) is 12.2. The van der Waals surface area contributed by atoms with Gasteiger partial charge in [-0.15, -0.1) is 11.3 Å². The number of ether oxygens (including phenoxy) is 4. The van der Waals surface area contributed by atoms with Crippen molar-refractivity contribution in [3.05, 3.63) is 148 Å². The van der Waals surface area contributed by atoms with Crippen LogP contribution in [0.25, 0.3) is 15.7 Å². The van der Waals surface area contributed by atoms with Gasteiger partial charge >= 0.3 is 0 Å². The van der Waals surface area contributed by atoms with Crippen molar-refractivity contribution in [2.45, 2.75) is 44.6 Å². The van der Waals surface area contributed by atoms with Gasteiger partial charge in [-0.2, -0.15) is 0 Å². The van der Waals surface area contributed by atoms with Crippen molar-refractivity contribution < 1.29 is 18.9 Å². The van der Waals surface area contributed by atoms with Gasteiger partial charge in [0.15, 0.2) is 6.10 Å². The van der Waals surface area contributed by atoms with Crippen LogP contribution in [0.4, 0.5) is 0 Å². The Balaban J connectivity index is 1.37. The molecule has 6 heteroatoms. The summed E-state index contributed by atoms with van der Waals surface area (Å²) in [4.78, 5) is 0. The first-order valence-electron chi connectivity index (χ1n) is 14.1. The molecule has 0 saturated carbocycles. The van der Waals surface area contributed by atoms with Gasteiger partial charge in [-0.1, -0.05) is 121 Å². The molecular weight excluding hydrogens is 564 g/mol. The fourth-order valence-corrected chi connectivity index (χ4v) is 6.77. The van der Waals surface area contributed by atoms with Gasteiger partial charge in [-0.25, -0.2) is 0 Å². The maximum atomic E-state index is 6.94. The summed E-state index contributed by atoms with van der Waals surface area (Å²) in [6.45, 7) is 3.67. The number of fused-ring (bicyclic) bond motifs is 1. The van der Waals surface area contributed by atoms with Crippen molar-refractivity contribution in [1.29, 1.82) is 0 Å². The van der Waals surface area contributed by atoms with Crippen molar-refractivity contribution in [3.63, 3.8) is 0 Å². The molecule has 2 heterocycles. The Labute approximate surface area is 256 Å². The van der Waals surface area contributed by atoms with Crippen molar-refractivity contribution in [3.8, 4) is 0 Å². The minimum absolute atomic E-state index is 0.327. The first kappa shape index (κ1) is 28.7. The summed E-state index contributed by atoms with van der Waals surface area (Å²) in [5, 5.41) is 1.07. The Morgan fingerprint density at radius 3 is 1.98 bits per heavy atom. The molecule has 0 spiro atoms. The van der Waals surface area contributed by atoms with Crippen LogP contribution in [0.2, 0.25) is 4.34 Å². The van der Waals surface area contributed by atoms with Crippen LogP contribution in [-0.4, -0.2) is 24.4 Å². The molecule has 0 radical (unpaired) electrons. The third-order valence-electron chi connectivity index (χ3n) is 7.68. The van der Waals surface area contributed by atoms with E-state index in [2.05, 4.69) is 55.5 Å². The minimum Gasteiger partial charge on any atom is -0.492 e. The van der Waals surface area contributed by atoms with Crippen LogP contribution in [0.3, 0.4) is 0 Å². The Bertz CT molecular complexity index is 1620. The van der Waals surface area contributed by atoms with E-state index in [0.29, 0.717) is 30.8 Å². The van der Waals surface area contributed by atoms with Gasteiger partial charge in [0.1, 0.15) is 16.0 Å². The van der Waals surface area contributed by atoms with Crippen LogP contribution in [0, 0.1) is 0 Å². The van der Waals surface area contributed by atoms with Gasteiger partial charge in [-0.05, 0) is 29.7 Å². The van der Waals surface area contributed by atoms with E-state index in [1.165, 1.54) is 0 Å². The summed E-state index contributed by atoms with van der Waals surface area (Å²) < 4.78 is 28.2. The molecule has 6 rings (SSSR count). The zero-order valence-corrected chi connectivity index (χ0v) is 25.0. The quantitative estimate of drug-likeness (QED) is 0.152. The largest absolute Gasteiger partial charge is 0.492 e. The lowest BCUT2D eigenvalue weighted by atomic mass is 9.82. The number of halogens is 1. The van der Waals surface area contributed by atoms with E-state index >= 15 is 0 Å². The van der Waals surface area contributed by atoms with E-state index in [1.54, 1.807) is 17.6 Å². The molecule has 1 aliphatic rings. The average molecular weight is 597 g/mol. The summed E-state index contributed by atoms with van der Waals surface area (Å²) in [6, 6.07) is 38.7.